The molecule has 1 heterocycles. The molecule has 2 amide bonds. The van der Waals surface area contributed by atoms with Gasteiger partial charge in [-0.05, 0) is 69.6 Å². The number of carbonyl (C=O) groups is 2. The first-order chi connectivity index (χ1) is 12.0. The third-order valence-corrected chi connectivity index (χ3v) is 6.89. The minimum absolute atomic E-state index is 0.0161. The van der Waals surface area contributed by atoms with Crippen molar-refractivity contribution in [1.82, 2.24) is 4.90 Å². The Hall–Kier alpha value is -1.49. The number of hydrogen-bond donors (Lipinski definition) is 1. The van der Waals surface area contributed by atoms with Crippen molar-refractivity contribution in [2.24, 2.45) is 5.92 Å². The second kappa shape index (κ2) is 6.67. The molecule has 2 fully saturated rings. The van der Waals surface area contributed by atoms with E-state index in [2.05, 4.69) is 17.1 Å². The normalized spacial score (nSPS) is 28.9. The Morgan fingerprint density at radius 3 is 2.36 bits per heavy atom. The standard InChI is InChI=1S/C20H26N2O2S/c1-12-3-6-15(7-4-12)22(16-8-9-16)20(24)14-5-10-18-17(11-14)21-19(23)13(2)25-18/h5,10-13,15-16H,3-4,6-9H2,1-2H3,(H,21,23). The Morgan fingerprint density at radius 1 is 1.08 bits per heavy atom. The van der Waals surface area contributed by atoms with E-state index in [1.54, 1.807) is 11.8 Å². The maximum absolute atomic E-state index is 13.2. The van der Waals surface area contributed by atoms with Crippen LogP contribution in [0.2, 0.25) is 0 Å². The Bertz CT molecular complexity index is 693. The fourth-order valence-electron chi connectivity index (χ4n) is 3.99. The average molecular weight is 359 g/mol. The van der Waals surface area contributed by atoms with Crippen molar-refractivity contribution in [3.05, 3.63) is 23.8 Å². The van der Waals surface area contributed by atoms with Crippen LogP contribution in [0.15, 0.2) is 23.1 Å². The summed E-state index contributed by atoms with van der Waals surface area (Å²) in [6.07, 6.45) is 6.95. The van der Waals surface area contributed by atoms with Crippen molar-refractivity contribution < 1.29 is 9.59 Å². The molecule has 4 rings (SSSR count). The van der Waals surface area contributed by atoms with Crippen LogP contribution in [0, 0.1) is 5.92 Å². The van der Waals surface area contributed by atoms with E-state index in [1.165, 1.54) is 12.8 Å². The lowest BCUT2D eigenvalue weighted by Crippen LogP contribution is -2.43. The van der Waals surface area contributed by atoms with Gasteiger partial charge in [0, 0.05) is 22.5 Å². The van der Waals surface area contributed by atoms with E-state index < -0.39 is 0 Å². The molecule has 0 aromatic heterocycles. The molecule has 1 unspecified atom stereocenters. The number of thioether (sulfide) groups is 1. The number of anilines is 1. The highest BCUT2D eigenvalue weighted by atomic mass is 32.2. The molecule has 0 bridgehead atoms. The largest absolute Gasteiger partial charge is 0.333 e. The number of carbonyl (C=O) groups excluding carboxylic acids is 2. The van der Waals surface area contributed by atoms with Gasteiger partial charge in [-0.1, -0.05) is 6.92 Å². The van der Waals surface area contributed by atoms with Crippen molar-refractivity contribution >= 4 is 29.3 Å². The molecule has 1 N–H and O–H groups in total. The van der Waals surface area contributed by atoms with Gasteiger partial charge in [0.25, 0.3) is 5.91 Å². The van der Waals surface area contributed by atoms with Gasteiger partial charge < -0.3 is 10.2 Å². The number of nitrogens with zero attached hydrogens (tertiary/aromatic N) is 1. The molecular weight excluding hydrogens is 332 g/mol. The second-order valence-corrected chi connectivity index (χ2v) is 9.20. The summed E-state index contributed by atoms with van der Waals surface area (Å²) in [5.74, 6) is 0.940. The summed E-state index contributed by atoms with van der Waals surface area (Å²) in [5.41, 5.74) is 1.49. The smallest absolute Gasteiger partial charge is 0.254 e. The van der Waals surface area contributed by atoms with E-state index >= 15 is 0 Å². The predicted octanol–water partition coefficient (Wildman–Crippen LogP) is 4.30. The van der Waals surface area contributed by atoms with Crippen LogP contribution in [0.3, 0.4) is 0 Å². The molecule has 3 aliphatic rings. The minimum atomic E-state index is -0.0822. The third kappa shape index (κ3) is 3.43. The third-order valence-electron chi connectivity index (χ3n) is 5.71. The highest BCUT2D eigenvalue weighted by Gasteiger charge is 2.39. The fraction of sp³-hybridized carbons (Fsp3) is 0.600. The summed E-state index contributed by atoms with van der Waals surface area (Å²) in [7, 11) is 0. The zero-order chi connectivity index (χ0) is 17.6. The fourth-order valence-corrected chi connectivity index (χ4v) is 4.92. The van der Waals surface area contributed by atoms with Crippen LogP contribution in [-0.4, -0.2) is 34.0 Å². The van der Waals surface area contributed by atoms with Gasteiger partial charge in [0.2, 0.25) is 5.91 Å². The first kappa shape index (κ1) is 17.0. The lowest BCUT2D eigenvalue weighted by atomic mass is 9.86. The highest BCUT2D eigenvalue weighted by Crippen LogP contribution is 2.39. The number of amides is 2. The maximum atomic E-state index is 13.2. The molecule has 0 radical (unpaired) electrons. The number of hydrogen-bond acceptors (Lipinski definition) is 3. The van der Waals surface area contributed by atoms with Crippen LogP contribution in [0.25, 0.3) is 0 Å². The number of benzene rings is 1. The van der Waals surface area contributed by atoms with E-state index in [0.717, 1.165) is 42.2 Å². The van der Waals surface area contributed by atoms with Gasteiger partial charge >= 0.3 is 0 Å². The lowest BCUT2D eigenvalue weighted by molar-refractivity contribution is -0.115. The quantitative estimate of drug-likeness (QED) is 0.876. The SMILES string of the molecule is CC1CCC(N(C(=O)c2ccc3c(c2)NC(=O)C(C)S3)C2CC2)CC1. The number of fused-ring (bicyclic) bond motifs is 1. The van der Waals surface area contributed by atoms with E-state index in [-0.39, 0.29) is 17.1 Å². The summed E-state index contributed by atoms with van der Waals surface area (Å²) in [6.45, 7) is 4.21. The van der Waals surface area contributed by atoms with Crippen molar-refractivity contribution in [2.75, 3.05) is 5.32 Å². The zero-order valence-electron chi connectivity index (χ0n) is 15.0. The Labute approximate surface area is 153 Å². The average Bonchev–Trinajstić information content (AvgIpc) is 3.42. The van der Waals surface area contributed by atoms with E-state index in [1.807, 2.05) is 25.1 Å². The molecule has 1 aromatic carbocycles. The molecule has 1 atom stereocenters. The van der Waals surface area contributed by atoms with Gasteiger partial charge in [0.05, 0.1) is 10.9 Å². The molecule has 1 aliphatic heterocycles. The van der Waals surface area contributed by atoms with Crippen molar-refractivity contribution in [3.63, 3.8) is 0 Å². The first-order valence-electron chi connectivity index (χ1n) is 9.47. The molecule has 4 nitrogen and oxygen atoms in total. The summed E-state index contributed by atoms with van der Waals surface area (Å²) >= 11 is 1.56. The molecule has 1 aromatic rings. The van der Waals surface area contributed by atoms with Gasteiger partial charge in [-0.2, -0.15) is 0 Å². The summed E-state index contributed by atoms with van der Waals surface area (Å²) in [6, 6.07) is 6.59. The Morgan fingerprint density at radius 2 is 1.72 bits per heavy atom. The maximum Gasteiger partial charge on any atom is 0.254 e. The molecular formula is C20H26N2O2S. The highest BCUT2D eigenvalue weighted by molar-refractivity contribution is 8.00. The van der Waals surface area contributed by atoms with E-state index in [4.69, 9.17) is 0 Å². The second-order valence-electron chi connectivity index (χ2n) is 7.82. The van der Waals surface area contributed by atoms with Gasteiger partial charge in [0.15, 0.2) is 0 Å². The topological polar surface area (TPSA) is 49.4 Å². The van der Waals surface area contributed by atoms with E-state index in [9.17, 15) is 9.59 Å². The molecule has 5 heteroatoms. The van der Waals surface area contributed by atoms with Crippen LogP contribution in [-0.2, 0) is 4.79 Å². The van der Waals surface area contributed by atoms with Crippen LogP contribution >= 0.6 is 11.8 Å². The zero-order valence-corrected chi connectivity index (χ0v) is 15.8. The molecule has 2 saturated carbocycles. The van der Waals surface area contributed by atoms with Crippen molar-refractivity contribution in [2.45, 2.75) is 74.6 Å². The van der Waals surface area contributed by atoms with Crippen LogP contribution < -0.4 is 5.32 Å². The van der Waals surface area contributed by atoms with Gasteiger partial charge in [-0.15, -0.1) is 11.8 Å². The van der Waals surface area contributed by atoms with E-state index in [0.29, 0.717) is 17.6 Å². The molecule has 25 heavy (non-hydrogen) atoms. The minimum Gasteiger partial charge on any atom is -0.333 e. The molecule has 0 saturated heterocycles. The number of nitrogens with one attached hydrogen (secondary N) is 1. The molecule has 0 spiro atoms. The molecule has 2 aliphatic carbocycles. The van der Waals surface area contributed by atoms with Crippen molar-refractivity contribution in [1.29, 1.82) is 0 Å². The first-order valence-corrected chi connectivity index (χ1v) is 10.3. The van der Waals surface area contributed by atoms with Crippen LogP contribution in [0.5, 0.6) is 0 Å². The predicted molar refractivity (Wildman–Crippen MR) is 101 cm³/mol. The van der Waals surface area contributed by atoms with Crippen molar-refractivity contribution in [3.8, 4) is 0 Å². The van der Waals surface area contributed by atoms with Gasteiger partial charge in [-0.3, -0.25) is 9.59 Å². The van der Waals surface area contributed by atoms with Gasteiger partial charge in [0.1, 0.15) is 0 Å². The van der Waals surface area contributed by atoms with Gasteiger partial charge in [-0.25, -0.2) is 0 Å². The molecule has 134 valence electrons. The van der Waals surface area contributed by atoms with Crippen LogP contribution in [0.4, 0.5) is 5.69 Å². The Balaban J connectivity index is 1.56. The summed E-state index contributed by atoms with van der Waals surface area (Å²) < 4.78 is 0. The van der Waals surface area contributed by atoms with Crippen LogP contribution in [0.1, 0.15) is 62.7 Å². The Kier molecular flexibility index (Phi) is 4.52. The summed E-state index contributed by atoms with van der Waals surface area (Å²) in [5, 5.41) is 2.86. The number of rotatable bonds is 3. The lowest BCUT2D eigenvalue weighted by Gasteiger charge is -2.36. The monoisotopic (exact) mass is 358 g/mol. The summed E-state index contributed by atoms with van der Waals surface area (Å²) in [4.78, 5) is 28.4.